The van der Waals surface area contributed by atoms with Crippen molar-refractivity contribution in [1.29, 1.82) is 0 Å². The number of thiazole rings is 1. The molecule has 5 nitrogen and oxygen atoms in total. The minimum Gasteiger partial charge on any atom is -0.465 e. The fourth-order valence-corrected chi connectivity index (χ4v) is 5.43. The molecule has 3 rings (SSSR count). The van der Waals surface area contributed by atoms with Crippen LogP contribution in [0.2, 0.25) is 0 Å². The summed E-state index contributed by atoms with van der Waals surface area (Å²) in [5.74, 6) is -0.0396. The van der Waals surface area contributed by atoms with Crippen molar-refractivity contribution in [3.05, 3.63) is 33.5 Å². The van der Waals surface area contributed by atoms with Gasteiger partial charge in [-0.25, -0.2) is 9.97 Å². The second-order valence-electron chi connectivity index (χ2n) is 8.10. The molecule has 7 heteroatoms. The first-order chi connectivity index (χ1) is 13.8. The Morgan fingerprint density at radius 2 is 2.07 bits per heavy atom. The first kappa shape index (κ1) is 22.4. The SMILES string of the molecule is CCCCOC(=O)C1CCC(C(C)(O)c2ncc(-c3cc(C)cc(Br)n3)s2)CC1. The molecule has 2 aromatic heterocycles. The number of hydrogen-bond acceptors (Lipinski definition) is 6. The first-order valence-corrected chi connectivity index (χ1v) is 11.9. The zero-order valence-electron chi connectivity index (χ0n) is 17.3. The molecular weight excluding hydrogens is 452 g/mol. The van der Waals surface area contributed by atoms with E-state index in [1.807, 2.05) is 26.0 Å². The van der Waals surface area contributed by atoms with E-state index in [1.165, 1.54) is 11.3 Å². The molecule has 0 bridgehead atoms. The summed E-state index contributed by atoms with van der Waals surface area (Å²) in [5, 5.41) is 12.0. The topological polar surface area (TPSA) is 72.3 Å². The van der Waals surface area contributed by atoms with Crippen LogP contribution in [0.3, 0.4) is 0 Å². The number of aryl methyl sites for hydroxylation is 1. The predicted octanol–water partition coefficient (Wildman–Crippen LogP) is 5.63. The molecule has 0 radical (unpaired) electrons. The van der Waals surface area contributed by atoms with E-state index in [0.29, 0.717) is 11.6 Å². The van der Waals surface area contributed by atoms with E-state index in [4.69, 9.17) is 4.74 Å². The van der Waals surface area contributed by atoms with Crippen LogP contribution in [0.25, 0.3) is 10.6 Å². The molecule has 29 heavy (non-hydrogen) atoms. The van der Waals surface area contributed by atoms with Gasteiger partial charge in [-0.3, -0.25) is 4.79 Å². The standard InChI is InChI=1S/C22H29BrN2O3S/c1-4-5-10-28-20(26)15-6-8-16(9-7-15)22(3,27)21-24-13-18(29-21)17-11-14(2)12-19(23)25-17/h11-13,15-16,27H,4-10H2,1-3H3. The van der Waals surface area contributed by atoms with Crippen LogP contribution < -0.4 is 0 Å². The van der Waals surface area contributed by atoms with Gasteiger partial charge in [0, 0.05) is 6.20 Å². The fourth-order valence-electron chi connectivity index (χ4n) is 3.88. The summed E-state index contributed by atoms with van der Waals surface area (Å²) in [5.41, 5.74) is 0.962. The van der Waals surface area contributed by atoms with Gasteiger partial charge >= 0.3 is 5.97 Å². The molecule has 1 saturated carbocycles. The van der Waals surface area contributed by atoms with Crippen molar-refractivity contribution in [2.24, 2.45) is 11.8 Å². The molecule has 0 aliphatic heterocycles. The number of halogens is 1. The number of esters is 1. The van der Waals surface area contributed by atoms with Gasteiger partial charge in [0.05, 0.1) is 23.1 Å². The number of rotatable bonds is 7. The van der Waals surface area contributed by atoms with Gasteiger partial charge in [-0.15, -0.1) is 11.3 Å². The molecule has 158 valence electrons. The Labute approximate surface area is 185 Å². The van der Waals surface area contributed by atoms with Gasteiger partial charge in [-0.05, 0) is 85.5 Å². The molecule has 0 spiro atoms. The Hall–Kier alpha value is -1.31. The monoisotopic (exact) mass is 480 g/mol. The number of hydrogen-bond donors (Lipinski definition) is 1. The second-order valence-corrected chi connectivity index (χ2v) is 9.94. The molecule has 2 heterocycles. The Bertz CT molecular complexity index is 824. The van der Waals surface area contributed by atoms with Gasteiger partial charge in [-0.2, -0.15) is 0 Å². The normalized spacial score (nSPS) is 21.6. The van der Waals surface area contributed by atoms with Gasteiger partial charge < -0.3 is 9.84 Å². The number of nitrogens with zero attached hydrogens (tertiary/aromatic N) is 2. The number of aromatic nitrogens is 2. The van der Waals surface area contributed by atoms with E-state index < -0.39 is 5.60 Å². The number of ether oxygens (including phenoxy) is 1. The number of aliphatic hydroxyl groups is 1. The molecule has 1 unspecified atom stereocenters. The molecule has 2 aromatic rings. The molecular formula is C22H29BrN2O3S. The molecule has 1 atom stereocenters. The number of unbranched alkanes of at least 4 members (excludes halogenated alkanes) is 1. The number of carbonyl (C=O) groups excluding carboxylic acids is 1. The first-order valence-electron chi connectivity index (χ1n) is 10.3. The summed E-state index contributed by atoms with van der Waals surface area (Å²) < 4.78 is 6.17. The molecule has 1 fully saturated rings. The summed E-state index contributed by atoms with van der Waals surface area (Å²) in [6.07, 6.45) is 6.84. The van der Waals surface area contributed by atoms with Crippen molar-refractivity contribution in [2.45, 2.75) is 64.9 Å². The van der Waals surface area contributed by atoms with Crippen molar-refractivity contribution in [3.63, 3.8) is 0 Å². The highest BCUT2D eigenvalue weighted by Gasteiger charge is 2.40. The summed E-state index contributed by atoms with van der Waals surface area (Å²) in [4.78, 5) is 22.2. The summed E-state index contributed by atoms with van der Waals surface area (Å²) in [6, 6.07) is 3.99. The Morgan fingerprint density at radius 3 is 2.72 bits per heavy atom. The Morgan fingerprint density at radius 1 is 1.34 bits per heavy atom. The lowest BCUT2D eigenvalue weighted by Crippen LogP contribution is -2.36. The molecule has 1 N–H and O–H groups in total. The van der Waals surface area contributed by atoms with E-state index in [9.17, 15) is 9.90 Å². The van der Waals surface area contributed by atoms with Gasteiger partial charge in [-0.1, -0.05) is 13.3 Å². The molecule has 0 saturated heterocycles. The van der Waals surface area contributed by atoms with E-state index in [-0.39, 0.29) is 17.8 Å². The maximum absolute atomic E-state index is 12.2. The smallest absolute Gasteiger partial charge is 0.308 e. The summed E-state index contributed by atoms with van der Waals surface area (Å²) in [7, 11) is 0. The molecule has 0 aromatic carbocycles. The second kappa shape index (κ2) is 9.67. The van der Waals surface area contributed by atoms with Gasteiger partial charge in [0.25, 0.3) is 0 Å². The van der Waals surface area contributed by atoms with Crippen LogP contribution in [0.1, 0.15) is 62.9 Å². The van der Waals surface area contributed by atoms with Crippen LogP contribution in [0.15, 0.2) is 22.9 Å². The maximum atomic E-state index is 12.2. The summed E-state index contributed by atoms with van der Waals surface area (Å²) >= 11 is 4.93. The third-order valence-corrected chi connectivity index (χ3v) is 7.38. The maximum Gasteiger partial charge on any atom is 0.308 e. The minimum atomic E-state index is -1.01. The van der Waals surface area contributed by atoms with Crippen molar-refractivity contribution in [1.82, 2.24) is 9.97 Å². The molecule has 1 aliphatic rings. The molecule has 0 amide bonds. The third-order valence-electron chi connectivity index (χ3n) is 5.73. The van der Waals surface area contributed by atoms with Crippen LogP contribution in [0.5, 0.6) is 0 Å². The predicted molar refractivity (Wildman–Crippen MR) is 119 cm³/mol. The average Bonchev–Trinajstić information content (AvgIpc) is 3.19. The zero-order chi connectivity index (χ0) is 21.0. The van der Waals surface area contributed by atoms with Crippen molar-refractivity contribution in [2.75, 3.05) is 6.61 Å². The van der Waals surface area contributed by atoms with E-state index >= 15 is 0 Å². The lowest BCUT2D eigenvalue weighted by atomic mass is 9.74. The lowest BCUT2D eigenvalue weighted by molar-refractivity contribution is -0.151. The van der Waals surface area contributed by atoms with Crippen molar-refractivity contribution < 1.29 is 14.6 Å². The van der Waals surface area contributed by atoms with Gasteiger partial charge in [0.1, 0.15) is 15.2 Å². The highest BCUT2D eigenvalue weighted by molar-refractivity contribution is 9.10. The lowest BCUT2D eigenvalue weighted by Gasteiger charge is -2.36. The highest BCUT2D eigenvalue weighted by Crippen LogP contribution is 2.43. The van der Waals surface area contributed by atoms with Crippen molar-refractivity contribution in [3.8, 4) is 10.6 Å². The van der Waals surface area contributed by atoms with E-state index in [1.54, 1.807) is 6.20 Å². The Kier molecular flexibility index (Phi) is 7.46. The average molecular weight is 481 g/mol. The third kappa shape index (κ3) is 5.44. The van der Waals surface area contributed by atoms with Crippen molar-refractivity contribution >= 4 is 33.2 Å². The van der Waals surface area contributed by atoms with Crippen LogP contribution >= 0.6 is 27.3 Å². The van der Waals surface area contributed by atoms with Gasteiger partial charge in [0.2, 0.25) is 0 Å². The number of carbonyl (C=O) groups is 1. The quantitative estimate of drug-likeness (QED) is 0.315. The largest absolute Gasteiger partial charge is 0.465 e. The van der Waals surface area contributed by atoms with Crippen LogP contribution in [-0.4, -0.2) is 27.7 Å². The van der Waals surface area contributed by atoms with Crippen LogP contribution in [0, 0.1) is 18.8 Å². The highest BCUT2D eigenvalue weighted by atomic mass is 79.9. The zero-order valence-corrected chi connectivity index (χ0v) is 19.7. The molecule has 1 aliphatic carbocycles. The Balaban J connectivity index is 1.64. The van der Waals surface area contributed by atoms with Crippen LogP contribution in [0.4, 0.5) is 0 Å². The van der Waals surface area contributed by atoms with Crippen LogP contribution in [-0.2, 0) is 15.1 Å². The summed E-state index contributed by atoms with van der Waals surface area (Å²) in [6.45, 7) is 6.47. The minimum absolute atomic E-state index is 0.0420. The van der Waals surface area contributed by atoms with Gasteiger partial charge in [0.15, 0.2) is 0 Å². The van der Waals surface area contributed by atoms with E-state index in [0.717, 1.165) is 59.3 Å². The number of pyridine rings is 1. The van der Waals surface area contributed by atoms with E-state index in [2.05, 4.69) is 32.8 Å². The fraction of sp³-hybridized carbons (Fsp3) is 0.591.